The number of hydrogen-bond donors (Lipinski definition) is 1. The Morgan fingerprint density at radius 3 is 2.00 bits per heavy atom. The Balaban J connectivity index is 3.92. The fourth-order valence-electron chi connectivity index (χ4n) is 1.60. The molecule has 16 heavy (non-hydrogen) atoms. The number of unbranched alkanes of at least 4 members (excludes halogenated alkanes) is 2. The van der Waals surface area contributed by atoms with E-state index in [0.29, 0.717) is 6.54 Å². The quantitative estimate of drug-likeness (QED) is 0.657. The first-order valence-corrected chi connectivity index (χ1v) is 6.61. The molecule has 96 valence electrons. The van der Waals surface area contributed by atoms with Crippen molar-refractivity contribution < 1.29 is 4.79 Å². The van der Waals surface area contributed by atoms with Crippen LogP contribution in [0.5, 0.6) is 0 Å². The minimum Gasteiger partial charge on any atom is -0.353 e. The van der Waals surface area contributed by atoms with Crippen molar-refractivity contribution in [3.05, 3.63) is 0 Å². The summed E-state index contributed by atoms with van der Waals surface area (Å²) in [6.07, 6.45) is 4.74. The Hall–Kier alpha value is -0.570. The first kappa shape index (κ1) is 15.4. The summed E-state index contributed by atoms with van der Waals surface area (Å²) in [5.41, 5.74) is 0. The van der Waals surface area contributed by atoms with E-state index in [4.69, 9.17) is 0 Å². The zero-order valence-corrected chi connectivity index (χ0v) is 11.4. The van der Waals surface area contributed by atoms with Gasteiger partial charge in [-0.05, 0) is 39.8 Å². The molecule has 0 atom stereocenters. The van der Waals surface area contributed by atoms with Crippen molar-refractivity contribution in [2.45, 2.75) is 59.4 Å². The summed E-state index contributed by atoms with van der Waals surface area (Å²) >= 11 is 0. The van der Waals surface area contributed by atoms with Gasteiger partial charge in [-0.3, -0.25) is 9.69 Å². The van der Waals surface area contributed by atoms with Crippen molar-refractivity contribution in [1.82, 2.24) is 10.2 Å². The summed E-state index contributed by atoms with van der Waals surface area (Å²) in [6.45, 7) is 11.0. The van der Waals surface area contributed by atoms with E-state index >= 15 is 0 Å². The second kappa shape index (κ2) is 9.64. The molecular formula is C13H28N2O. The normalized spacial score (nSPS) is 11.1. The fourth-order valence-corrected chi connectivity index (χ4v) is 1.60. The van der Waals surface area contributed by atoms with Crippen molar-refractivity contribution in [2.75, 3.05) is 19.6 Å². The molecule has 0 aliphatic rings. The van der Waals surface area contributed by atoms with Crippen molar-refractivity contribution in [3.63, 3.8) is 0 Å². The van der Waals surface area contributed by atoms with Crippen LogP contribution in [0, 0.1) is 0 Å². The standard InChI is InChI=1S/C13H28N2O/c1-5-7-9-15(10-8-6-2)11-13(16)14-12(3)4/h12H,5-11H2,1-4H3,(H,14,16). The second-order valence-corrected chi connectivity index (χ2v) is 4.71. The molecule has 3 nitrogen and oxygen atoms in total. The molecule has 0 aromatic carbocycles. The Morgan fingerprint density at radius 1 is 1.12 bits per heavy atom. The molecule has 0 unspecified atom stereocenters. The number of carbonyl (C=O) groups excluding carboxylic acids is 1. The van der Waals surface area contributed by atoms with Crippen molar-refractivity contribution >= 4 is 5.91 Å². The summed E-state index contributed by atoms with van der Waals surface area (Å²) < 4.78 is 0. The van der Waals surface area contributed by atoms with Crippen LogP contribution in [0.2, 0.25) is 0 Å². The van der Waals surface area contributed by atoms with Crippen LogP contribution >= 0.6 is 0 Å². The highest BCUT2D eigenvalue weighted by Gasteiger charge is 2.10. The van der Waals surface area contributed by atoms with Crippen molar-refractivity contribution in [1.29, 1.82) is 0 Å². The molecule has 0 aromatic rings. The minimum atomic E-state index is 0.155. The topological polar surface area (TPSA) is 32.3 Å². The van der Waals surface area contributed by atoms with Crippen LogP contribution in [0.3, 0.4) is 0 Å². The van der Waals surface area contributed by atoms with E-state index in [-0.39, 0.29) is 11.9 Å². The lowest BCUT2D eigenvalue weighted by Gasteiger charge is -2.21. The highest BCUT2D eigenvalue weighted by molar-refractivity contribution is 5.78. The van der Waals surface area contributed by atoms with Crippen LogP contribution in [0.4, 0.5) is 0 Å². The van der Waals surface area contributed by atoms with E-state index in [0.717, 1.165) is 13.1 Å². The lowest BCUT2D eigenvalue weighted by molar-refractivity contribution is -0.122. The molecule has 0 radical (unpaired) electrons. The number of nitrogens with zero attached hydrogens (tertiary/aromatic N) is 1. The van der Waals surface area contributed by atoms with E-state index in [1.807, 2.05) is 13.8 Å². The minimum absolute atomic E-state index is 0.155. The van der Waals surface area contributed by atoms with E-state index < -0.39 is 0 Å². The van der Waals surface area contributed by atoms with Gasteiger partial charge in [-0.2, -0.15) is 0 Å². The Morgan fingerprint density at radius 2 is 1.62 bits per heavy atom. The summed E-state index contributed by atoms with van der Waals surface area (Å²) in [4.78, 5) is 13.9. The Labute approximate surface area is 101 Å². The molecule has 0 rings (SSSR count). The van der Waals surface area contributed by atoms with E-state index in [9.17, 15) is 4.79 Å². The molecular weight excluding hydrogens is 200 g/mol. The first-order valence-electron chi connectivity index (χ1n) is 6.61. The molecule has 1 N–H and O–H groups in total. The van der Waals surface area contributed by atoms with Gasteiger partial charge in [0.15, 0.2) is 0 Å². The highest BCUT2D eigenvalue weighted by atomic mass is 16.2. The average molecular weight is 228 g/mol. The van der Waals surface area contributed by atoms with Gasteiger partial charge >= 0.3 is 0 Å². The van der Waals surface area contributed by atoms with Gasteiger partial charge in [0.25, 0.3) is 0 Å². The molecule has 0 aromatic heterocycles. The molecule has 0 bridgehead atoms. The summed E-state index contributed by atoms with van der Waals surface area (Å²) in [5, 5.41) is 2.95. The monoisotopic (exact) mass is 228 g/mol. The van der Waals surface area contributed by atoms with Gasteiger partial charge in [-0.25, -0.2) is 0 Å². The average Bonchev–Trinajstić information content (AvgIpc) is 2.20. The molecule has 1 amide bonds. The molecule has 0 fully saturated rings. The SMILES string of the molecule is CCCCN(CCCC)CC(=O)NC(C)C. The number of hydrogen-bond acceptors (Lipinski definition) is 2. The third kappa shape index (κ3) is 8.72. The van der Waals surface area contributed by atoms with Crippen LogP contribution < -0.4 is 5.32 Å². The summed E-state index contributed by atoms with van der Waals surface area (Å²) in [7, 11) is 0. The first-order chi connectivity index (χ1) is 7.60. The largest absolute Gasteiger partial charge is 0.353 e. The van der Waals surface area contributed by atoms with Crippen LogP contribution in [-0.2, 0) is 4.79 Å². The molecule has 0 spiro atoms. The second-order valence-electron chi connectivity index (χ2n) is 4.71. The maximum Gasteiger partial charge on any atom is 0.234 e. The van der Waals surface area contributed by atoms with E-state index in [1.54, 1.807) is 0 Å². The van der Waals surface area contributed by atoms with Crippen LogP contribution in [0.25, 0.3) is 0 Å². The Bertz CT molecular complexity index is 173. The smallest absolute Gasteiger partial charge is 0.234 e. The zero-order chi connectivity index (χ0) is 12.4. The van der Waals surface area contributed by atoms with Gasteiger partial charge in [-0.15, -0.1) is 0 Å². The van der Waals surface area contributed by atoms with Gasteiger partial charge in [0.1, 0.15) is 0 Å². The maximum absolute atomic E-state index is 11.6. The predicted molar refractivity (Wildman–Crippen MR) is 69.5 cm³/mol. The summed E-state index contributed by atoms with van der Waals surface area (Å²) in [6, 6.07) is 0.242. The van der Waals surface area contributed by atoms with Gasteiger partial charge in [0, 0.05) is 6.04 Å². The number of nitrogens with one attached hydrogen (secondary N) is 1. The lowest BCUT2D eigenvalue weighted by Crippen LogP contribution is -2.40. The molecule has 0 aliphatic carbocycles. The van der Waals surface area contributed by atoms with E-state index in [1.165, 1.54) is 25.7 Å². The van der Waals surface area contributed by atoms with Crippen LogP contribution in [-0.4, -0.2) is 36.5 Å². The maximum atomic E-state index is 11.6. The molecule has 0 saturated heterocycles. The molecule has 3 heteroatoms. The third-order valence-electron chi connectivity index (χ3n) is 2.47. The summed E-state index contributed by atoms with van der Waals surface area (Å²) in [5.74, 6) is 0.155. The van der Waals surface area contributed by atoms with Gasteiger partial charge in [0.05, 0.1) is 6.54 Å². The fraction of sp³-hybridized carbons (Fsp3) is 0.923. The predicted octanol–water partition coefficient (Wildman–Crippen LogP) is 2.41. The number of amides is 1. The van der Waals surface area contributed by atoms with Crippen molar-refractivity contribution in [3.8, 4) is 0 Å². The molecule has 0 saturated carbocycles. The Kier molecular flexibility index (Phi) is 9.30. The van der Waals surface area contributed by atoms with Gasteiger partial charge < -0.3 is 5.32 Å². The van der Waals surface area contributed by atoms with Crippen LogP contribution in [0.15, 0.2) is 0 Å². The number of carbonyl (C=O) groups is 1. The van der Waals surface area contributed by atoms with Crippen LogP contribution in [0.1, 0.15) is 53.4 Å². The molecule has 0 aliphatic heterocycles. The van der Waals surface area contributed by atoms with Gasteiger partial charge in [0.2, 0.25) is 5.91 Å². The van der Waals surface area contributed by atoms with E-state index in [2.05, 4.69) is 24.1 Å². The number of rotatable bonds is 9. The lowest BCUT2D eigenvalue weighted by atomic mass is 10.2. The highest BCUT2D eigenvalue weighted by Crippen LogP contribution is 1.99. The third-order valence-corrected chi connectivity index (χ3v) is 2.47. The van der Waals surface area contributed by atoms with Gasteiger partial charge in [-0.1, -0.05) is 26.7 Å². The van der Waals surface area contributed by atoms with Crippen molar-refractivity contribution in [2.24, 2.45) is 0 Å². The zero-order valence-electron chi connectivity index (χ0n) is 11.4. The molecule has 0 heterocycles.